The zero-order valence-electron chi connectivity index (χ0n) is 11.1. The van der Waals surface area contributed by atoms with E-state index in [1.54, 1.807) is 0 Å². The van der Waals surface area contributed by atoms with Crippen molar-refractivity contribution < 1.29 is 9.31 Å². The summed E-state index contributed by atoms with van der Waals surface area (Å²) in [4.78, 5) is 4.34. The van der Waals surface area contributed by atoms with Crippen LogP contribution in [-0.4, -0.2) is 23.3 Å². The van der Waals surface area contributed by atoms with Gasteiger partial charge in [-0.25, -0.2) is 4.98 Å². The minimum absolute atomic E-state index is 0.374. The summed E-state index contributed by atoms with van der Waals surface area (Å²) in [6.07, 6.45) is 0. The molecule has 2 rings (SSSR count). The van der Waals surface area contributed by atoms with Crippen molar-refractivity contribution in [1.29, 1.82) is 0 Å². The number of rotatable bonds is 2. The average Bonchev–Trinajstić information content (AvgIpc) is 2.47. The molecule has 1 aromatic rings. The quantitative estimate of drug-likeness (QED) is 0.673. The molecule has 1 aliphatic heterocycles. The molecule has 1 aromatic heterocycles. The van der Waals surface area contributed by atoms with Gasteiger partial charge in [0.2, 0.25) is 0 Å². The van der Waals surface area contributed by atoms with E-state index in [-0.39, 0.29) is 11.2 Å². The summed E-state index contributed by atoms with van der Waals surface area (Å²) in [6.45, 7) is 8.03. The van der Waals surface area contributed by atoms with Crippen LogP contribution in [0.4, 0.5) is 0 Å². The van der Waals surface area contributed by atoms with E-state index in [0.29, 0.717) is 0 Å². The average molecular weight is 313 g/mol. The molecule has 1 fully saturated rings. The van der Waals surface area contributed by atoms with Crippen molar-refractivity contribution in [3.63, 3.8) is 0 Å². The fourth-order valence-corrected chi connectivity index (χ4v) is 2.14. The molecular weight excluding hydrogens is 295 g/mol. The standard InChI is InChI=1S/C12H18BBrN2O2/c1-11(2)12(3,4)18-13(17-11)10(15)8-6-5-7-9(14)16-8/h5-7,10H,15H2,1-4H3/t10-/m1/s1. The lowest BCUT2D eigenvalue weighted by atomic mass is 9.77. The molecule has 0 spiro atoms. The van der Waals surface area contributed by atoms with Crippen LogP contribution >= 0.6 is 15.9 Å². The number of halogens is 1. The molecule has 0 saturated carbocycles. The van der Waals surface area contributed by atoms with Crippen molar-refractivity contribution >= 4 is 23.0 Å². The number of hydrogen-bond acceptors (Lipinski definition) is 4. The Labute approximate surface area is 117 Å². The van der Waals surface area contributed by atoms with Crippen molar-refractivity contribution in [3.05, 3.63) is 28.5 Å². The first-order valence-corrected chi connectivity index (χ1v) is 6.76. The molecule has 1 atom stereocenters. The maximum Gasteiger partial charge on any atom is 0.482 e. The molecule has 1 saturated heterocycles. The molecule has 0 amide bonds. The van der Waals surface area contributed by atoms with Gasteiger partial charge in [-0.2, -0.15) is 0 Å². The number of pyridine rings is 1. The third-order valence-electron chi connectivity index (χ3n) is 3.64. The SMILES string of the molecule is CC1(C)OB([C@H](N)c2cccc(Br)n2)OC1(C)C. The summed E-state index contributed by atoms with van der Waals surface area (Å²) < 4.78 is 12.6. The summed E-state index contributed by atoms with van der Waals surface area (Å²) in [5.74, 6) is -0.399. The lowest BCUT2D eigenvalue weighted by Crippen LogP contribution is -2.41. The molecule has 6 heteroatoms. The molecule has 98 valence electrons. The topological polar surface area (TPSA) is 57.4 Å². The number of nitrogens with zero attached hydrogens (tertiary/aromatic N) is 1. The number of hydrogen-bond donors (Lipinski definition) is 1. The van der Waals surface area contributed by atoms with Crippen LogP contribution in [0, 0.1) is 0 Å². The summed E-state index contributed by atoms with van der Waals surface area (Å²) in [5.41, 5.74) is 6.18. The Balaban J connectivity index is 2.20. The van der Waals surface area contributed by atoms with Gasteiger partial charge in [0.15, 0.2) is 0 Å². The fraction of sp³-hybridized carbons (Fsp3) is 0.583. The van der Waals surface area contributed by atoms with Gasteiger partial charge in [-0.1, -0.05) is 6.07 Å². The highest BCUT2D eigenvalue weighted by Crippen LogP contribution is 2.39. The summed E-state index contributed by atoms with van der Waals surface area (Å²) in [5, 5.41) is 0. The maximum absolute atomic E-state index is 6.18. The number of nitrogens with two attached hydrogens (primary N) is 1. The van der Waals surface area contributed by atoms with Crippen LogP contribution in [0.5, 0.6) is 0 Å². The van der Waals surface area contributed by atoms with Crippen LogP contribution in [0.2, 0.25) is 0 Å². The van der Waals surface area contributed by atoms with E-state index in [1.165, 1.54) is 0 Å². The predicted molar refractivity (Wildman–Crippen MR) is 74.9 cm³/mol. The molecule has 0 bridgehead atoms. The Hall–Kier alpha value is -0.425. The molecule has 0 unspecified atom stereocenters. The van der Waals surface area contributed by atoms with Crippen LogP contribution in [0.25, 0.3) is 0 Å². The van der Waals surface area contributed by atoms with Gasteiger partial charge in [0.1, 0.15) is 4.60 Å². The first kappa shape index (κ1) is 14.0. The lowest BCUT2D eigenvalue weighted by Gasteiger charge is -2.32. The highest BCUT2D eigenvalue weighted by atomic mass is 79.9. The van der Waals surface area contributed by atoms with E-state index in [2.05, 4.69) is 20.9 Å². The van der Waals surface area contributed by atoms with Gasteiger partial charge in [0.05, 0.1) is 22.8 Å². The largest absolute Gasteiger partial charge is 0.482 e. The molecule has 0 radical (unpaired) electrons. The maximum atomic E-state index is 6.18. The molecule has 0 aromatic carbocycles. The molecular formula is C12H18BBrN2O2. The van der Waals surface area contributed by atoms with E-state index in [0.717, 1.165) is 10.3 Å². The Bertz CT molecular complexity index is 437. The second-order valence-corrected chi connectivity index (χ2v) is 6.35. The van der Waals surface area contributed by atoms with E-state index in [9.17, 15) is 0 Å². The Kier molecular flexibility index (Phi) is 3.57. The molecule has 18 heavy (non-hydrogen) atoms. The van der Waals surface area contributed by atoms with Crippen molar-refractivity contribution in [2.45, 2.75) is 44.8 Å². The van der Waals surface area contributed by atoms with Gasteiger partial charge in [0.25, 0.3) is 0 Å². The summed E-state index contributed by atoms with van der Waals surface area (Å²) in [6, 6.07) is 5.64. The van der Waals surface area contributed by atoms with E-state index < -0.39 is 13.1 Å². The third-order valence-corrected chi connectivity index (χ3v) is 4.08. The molecule has 4 nitrogen and oxygen atoms in total. The van der Waals surface area contributed by atoms with Gasteiger partial charge in [0, 0.05) is 0 Å². The normalized spacial score (nSPS) is 23.1. The van der Waals surface area contributed by atoms with Gasteiger partial charge >= 0.3 is 7.12 Å². The first-order valence-electron chi connectivity index (χ1n) is 5.97. The zero-order valence-corrected chi connectivity index (χ0v) is 12.7. The van der Waals surface area contributed by atoms with Crippen molar-refractivity contribution in [3.8, 4) is 0 Å². The molecule has 2 heterocycles. The van der Waals surface area contributed by atoms with Gasteiger partial charge < -0.3 is 15.0 Å². The zero-order chi connectivity index (χ0) is 13.6. The van der Waals surface area contributed by atoms with E-state index in [4.69, 9.17) is 15.0 Å². The highest BCUT2D eigenvalue weighted by molar-refractivity contribution is 9.10. The number of aromatic nitrogens is 1. The van der Waals surface area contributed by atoms with Gasteiger partial charge in [-0.15, -0.1) is 0 Å². The van der Waals surface area contributed by atoms with Gasteiger partial charge in [-0.05, 0) is 55.8 Å². The van der Waals surface area contributed by atoms with Crippen molar-refractivity contribution in [2.75, 3.05) is 0 Å². The van der Waals surface area contributed by atoms with Crippen LogP contribution in [0.1, 0.15) is 39.3 Å². The van der Waals surface area contributed by atoms with Crippen LogP contribution < -0.4 is 5.73 Å². The Morgan fingerprint density at radius 1 is 1.22 bits per heavy atom. The summed E-state index contributed by atoms with van der Waals surface area (Å²) >= 11 is 3.34. The monoisotopic (exact) mass is 312 g/mol. The van der Waals surface area contributed by atoms with E-state index >= 15 is 0 Å². The minimum atomic E-state index is -0.475. The molecule has 2 N–H and O–H groups in total. The highest BCUT2D eigenvalue weighted by Gasteiger charge is 2.53. The molecule has 1 aliphatic rings. The predicted octanol–water partition coefficient (Wildman–Crippen LogP) is 2.48. The summed E-state index contributed by atoms with van der Waals surface area (Å²) in [7, 11) is -0.475. The second kappa shape index (κ2) is 4.60. The Morgan fingerprint density at radius 2 is 1.78 bits per heavy atom. The lowest BCUT2D eigenvalue weighted by molar-refractivity contribution is 0.00578. The Morgan fingerprint density at radius 3 is 2.28 bits per heavy atom. The second-order valence-electron chi connectivity index (χ2n) is 5.54. The van der Waals surface area contributed by atoms with Crippen molar-refractivity contribution in [2.24, 2.45) is 5.73 Å². The van der Waals surface area contributed by atoms with Crippen molar-refractivity contribution in [1.82, 2.24) is 4.98 Å². The van der Waals surface area contributed by atoms with Crippen LogP contribution in [0.15, 0.2) is 22.8 Å². The van der Waals surface area contributed by atoms with Crippen LogP contribution in [0.3, 0.4) is 0 Å². The minimum Gasteiger partial charge on any atom is -0.402 e. The smallest absolute Gasteiger partial charge is 0.402 e. The third kappa shape index (κ3) is 2.47. The first-order chi connectivity index (χ1) is 8.23. The van der Waals surface area contributed by atoms with Gasteiger partial charge in [-0.3, -0.25) is 0 Å². The van der Waals surface area contributed by atoms with Crippen LogP contribution in [-0.2, 0) is 9.31 Å². The van der Waals surface area contributed by atoms with E-state index in [1.807, 2.05) is 45.9 Å². The molecule has 0 aliphatic carbocycles. The fourth-order valence-electron chi connectivity index (χ4n) is 1.78.